The largest absolute Gasteiger partial charge is 0.456 e. The van der Waals surface area contributed by atoms with E-state index in [1.54, 1.807) is 13.0 Å². The van der Waals surface area contributed by atoms with Crippen molar-refractivity contribution in [2.45, 2.75) is 83.7 Å². The molecule has 32 heavy (non-hydrogen) atoms. The van der Waals surface area contributed by atoms with Gasteiger partial charge < -0.3 is 30.3 Å². The third-order valence-electron chi connectivity index (χ3n) is 5.64. The van der Waals surface area contributed by atoms with Crippen LogP contribution >= 0.6 is 0 Å². The predicted molar refractivity (Wildman–Crippen MR) is 123 cm³/mol. The van der Waals surface area contributed by atoms with Crippen LogP contribution in [-0.2, 0) is 16.0 Å². The Hall–Kier alpha value is -1.77. The van der Waals surface area contributed by atoms with Gasteiger partial charge in [-0.25, -0.2) is 4.79 Å². The molecule has 0 spiro atoms. The maximum Gasteiger partial charge on any atom is 0.338 e. The SMILES string of the molecule is CCC(C=C(C)C(CC(O)CCO)OC(=O)C(O)C(O)Cc1cccc(C(C)C)c1)CO. The van der Waals surface area contributed by atoms with Crippen LogP contribution in [0.25, 0.3) is 0 Å². The number of rotatable bonds is 14. The number of ether oxygens (including phenoxy) is 1. The molecule has 0 fully saturated rings. The van der Waals surface area contributed by atoms with Crippen molar-refractivity contribution in [1.29, 1.82) is 0 Å². The predicted octanol–water partition coefficient (Wildman–Crippen LogP) is 2.08. The lowest BCUT2D eigenvalue weighted by atomic mass is 9.96. The van der Waals surface area contributed by atoms with Crippen LogP contribution in [0.5, 0.6) is 0 Å². The van der Waals surface area contributed by atoms with E-state index < -0.39 is 30.4 Å². The number of hydrogen-bond acceptors (Lipinski definition) is 7. The molecule has 0 saturated heterocycles. The molecule has 1 aromatic rings. The summed E-state index contributed by atoms with van der Waals surface area (Å²) in [5, 5.41) is 49.4. The number of esters is 1. The standard InChI is InChI=1S/C25H40O7/c1-5-18(15-27)11-17(4)23(14-21(28)9-10-26)32-25(31)24(30)22(29)13-19-7-6-8-20(12-19)16(2)3/h6-8,11-12,16,18,21-24,26-30H,5,9-10,13-15H2,1-4H3. The normalized spacial score (nSPS) is 17.0. The lowest BCUT2D eigenvalue weighted by Crippen LogP contribution is -2.39. The van der Waals surface area contributed by atoms with Gasteiger partial charge in [0.05, 0.1) is 12.2 Å². The maximum absolute atomic E-state index is 12.6. The molecule has 0 aromatic heterocycles. The van der Waals surface area contributed by atoms with Crippen molar-refractivity contribution in [2.75, 3.05) is 13.2 Å². The van der Waals surface area contributed by atoms with Gasteiger partial charge >= 0.3 is 5.97 Å². The Morgan fingerprint density at radius 2 is 1.84 bits per heavy atom. The van der Waals surface area contributed by atoms with Crippen molar-refractivity contribution in [3.05, 3.63) is 47.0 Å². The Labute approximate surface area is 191 Å². The molecule has 0 aliphatic rings. The van der Waals surface area contributed by atoms with E-state index >= 15 is 0 Å². The zero-order valence-corrected chi connectivity index (χ0v) is 19.6. The van der Waals surface area contributed by atoms with Gasteiger partial charge in [0.25, 0.3) is 0 Å². The van der Waals surface area contributed by atoms with Crippen LogP contribution in [0.2, 0.25) is 0 Å². The lowest BCUT2D eigenvalue weighted by molar-refractivity contribution is -0.164. The second-order valence-corrected chi connectivity index (χ2v) is 8.70. The highest BCUT2D eigenvalue weighted by molar-refractivity contribution is 5.75. The summed E-state index contributed by atoms with van der Waals surface area (Å²) in [6.45, 7) is 7.48. The van der Waals surface area contributed by atoms with Crippen LogP contribution in [0.1, 0.15) is 64.0 Å². The van der Waals surface area contributed by atoms with Gasteiger partial charge in [0, 0.05) is 32.0 Å². The molecule has 7 heteroatoms. The molecule has 0 bridgehead atoms. The molecule has 5 atom stereocenters. The quantitative estimate of drug-likeness (QED) is 0.216. The van der Waals surface area contributed by atoms with Crippen LogP contribution in [-0.4, -0.2) is 69.1 Å². The topological polar surface area (TPSA) is 127 Å². The molecule has 0 saturated carbocycles. The first-order chi connectivity index (χ1) is 15.1. The zero-order chi connectivity index (χ0) is 24.3. The monoisotopic (exact) mass is 452 g/mol. The Balaban J connectivity index is 2.90. The van der Waals surface area contributed by atoms with Crippen LogP contribution in [0.15, 0.2) is 35.9 Å². The van der Waals surface area contributed by atoms with Gasteiger partial charge in [0.1, 0.15) is 6.10 Å². The molecular weight excluding hydrogens is 412 g/mol. The van der Waals surface area contributed by atoms with Crippen LogP contribution in [0, 0.1) is 5.92 Å². The first kappa shape index (κ1) is 28.3. The summed E-state index contributed by atoms with van der Waals surface area (Å²) < 4.78 is 5.46. The average molecular weight is 453 g/mol. The van der Waals surface area contributed by atoms with Crippen molar-refractivity contribution in [3.8, 4) is 0 Å². The molecule has 0 aliphatic heterocycles. The molecule has 0 radical (unpaired) electrons. The smallest absolute Gasteiger partial charge is 0.338 e. The highest BCUT2D eigenvalue weighted by Gasteiger charge is 2.30. The molecule has 0 amide bonds. The molecular formula is C25H40O7. The van der Waals surface area contributed by atoms with Gasteiger partial charge in [-0.3, -0.25) is 0 Å². The Morgan fingerprint density at radius 1 is 1.16 bits per heavy atom. The second kappa shape index (κ2) is 14.4. The van der Waals surface area contributed by atoms with Crippen molar-refractivity contribution in [3.63, 3.8) is 0 Å². The Bertz CT molecular complexity index is 712. The lowest BCUT2D eigenvalue weighted by Gasteiger charge is -2.25. The van der Waals surface area contributed by atoms with E-state index in [2.05, 4.69) is 13.8 Å². The van der Waals surface area contributed by atoms with Crippen LogP contribution < -0.4 is 0 Å². The van der Waals surface area contributed by atoms with E-state index in [-0.39, 0.29) is 38.4 Å². The number of carbonyl (C=O) groups excluding carboxylic acids is 1. The average Bonchev–Trinajstić information content (AvgIpc) is 2.76. The fourth-order valence-electron chi connectivity index (χ4n) is 3.42. The van der Waals surface area contributed by atoms with Crippen molar-refractivity contribution in [1.82, 2.24) is 0 Å². The fourth-order valence-corrected chi connectivity index (χ4v) is 3.42. The molecule has 1 aromatic carbocycles. The van der Waals surface area contributed by atoms with Crippen LogP contribution in [0.4, 0.5) is 0 Å². The van der Waals surface area contributed by atoms with Gasteiger partial charge in [-0.15, -0.1) is 0 Å². The number of aliphatic hydroxyl groups excluding tert-OH is 5. The van der Waals surface area contributed by atoms with Crippen molar-refractivity contribution < 1.29 is 35.1 Å². The van der Waals surface area contributed by atoms with Crippen LogP contribution in [0.3, 0.4) is 0 Å². The number of carbonyl (C=O) groups is 1. The summed E-state index contributed by atoms with van der Waals surface area (Å²) in [5.74, 6) is -0.799. The molecule has 7 nitrogen and oxygen atoms in total. The first-order valence-electron chi connectivity index (χ1n) is 11.4. The number of benzene rings is 1. The van der Waals surface area contributed by atoms with Gasteiger partial charge in [-0.1, -0.05) is 51.1 Å². The van der Waals surface area contributed by atoms with Gasteiger partial charge in [0.2, 0.25) is 0 Å². The molecule has 0 heterocycles. The zero-order valence-electron chi connectivity index (χ0n) is 19.6. The summed E-state index contributed by atoms with van der Waals surface area (Å²) in [6.07, 6.45) is -2.14. The summed E-state index contributed by atoms with van der Waals surface area (Å²) >= 11 is 0. The molecule has 5 N–H and O–H groups in total. The summed E-state index contributed by atoms with van der Waals surface area (Å²) in [6, 6.07) is 7.62. The Morgan fingerprint density at radius 3 is 2.41 bits per heavy atom. The molecule has 1 rings (SSSR count). The van der Waals surface area contributed by atoms with E-state index in [0.29, 0.717) is 17.9 Å². The molecule has 5 unspecified atom stereocenters. The minimum atomic E-state index is -1.75. The van der Waals surface area contributed by atoms with E-state index in [1.165, 1.54) is 0 Å². The van der Waals surface area contributed by atoms with E-state index in [1.807, 2.05) is 31.2 Å². The molecule has 0 aliphatic carbocycles. The minimum absolute atomic E-state index is 0.0374. The van der Waals surface area contributed by atoms with Gasteiger partial charge in [-0.05, 0) is 42.4 Å². The van der Waals surface area contributed by atoms with E-state index in [0.717, 1.165) is 11.1 Å². The molecule has 182 valence electrons. The summed E-state index contributed by atoms with van der Waals surface area (Å²) in [5.41, 5.74) is 2.53. The van der Waals surface area contributed by atoms with E-state index in [9.17, 15) is 25.2 Å². The van der Waals surface area contributed by atoms with Gasteiger partial charge in [0.15, 0.2) is 6.10 Å². The third-order valence-corrected chi connectivity index (χ3v) is 5.64. The maximum atomic E-state index is 12.6. The fraction of sp³-hybridized carbons (Fsp3) is 0.640. The first-order valence-corrected chi connectivity index (χ1v) is 11.4. The number of aliphatic hydroxyl groups is 5. The van der Waals surface area contributed by atoms with Crippen molar-refractivity contribution in [2.24, 2.45) is 5.92 Å². The van der Waals surface area contributed by atoms with Gasteiger partial charge in [-0.2, -0.15) is 0 Å². The summed E-state index contributed by atoms with van der Waals surface area (Å²) in [4.78, 5) is 12.6. The summed E-state index contributed by atoms with van der Waals surface area (Å²) in [7, 11) is 0. The minimum Gasteiger partial charge on any atom is -0.456 e. The third kappa shape index (κ3) is 9.38. The second-order valence-electron chi connectivity index (χ2n) is 8.70. The Kier molecular flexibility index (Phi) is 12.7. The van der Waals surface area contributed by atoms with Crippen molar-refractivity contribution >= 4 is 5.97 Å². The van der Waals surface area contributed by atoms with E-state index in [4.69, 9.17) is 9.84 Å². The number of hydrogen-bond donors (Lipinski definition) is 5. The highest BCUT2D eigenvalue weighted by Crippen LogP contribution is 2.21. The highest BCUT2D eigenvalue weighted by atomic mass is 16.6.